The summed E-state index contributed by atoms with van der Waals surface area (Å²) in [5.74, 6) is -0.820. The second kappa shape index (κ2) is 9.63. The van der Waals surface area contributed by atoms with E-state index in [1.54, 1.807) is 11.0 Å². The monoisotopic (exact) mass is 412 g/mol. The summed E-state index contributed by atoms with van der Waals surface area (Å²) in [6, 6.07) is 9.74. The molecule has 0 fully saturated rings. The van der Waals surface area contributed by atoms with Crippen LogP contribution in [0.5, 0.6) is 5.75 Å². The molecule has 160 valence electrons. The van der Waals surface area contributed by atoms with Gasteiger partial charge in [-0.1, -0.05) is 19.1 Å². The lowest BCUT2D eigenvalue weighted by Gasteiger charge is -2.27. The first-order valence-electron chi connectivity index (χ1n) is 10.1. The van der Waals surface area contributed by atoms with E-state index in [1.807, 2.05) is 50.2 Å². The summed E-state index contributed by atoms with van der Waals surface area (Å²) in [6.07, 6.45) is 2.97. The van der Waals surface area contributed by atoms with E-state index < -0.39 is 23.5 Å². The topological polar surface area (TPSA) is 83.2 Å². The van der Waals surface area contributed by atoms with Crippen LogP contribution in [0.15, 0.2) is 58.4 Å². The van der Waals surface area contributed by atoms with Crippen molar-refractivity contribution in [2.45, 2.75) is 25.8 Å². The van der Waals surface area contributed by atoms with Crippen molar-refractivity contribution < 1.29 is 23.8 Å². The summed E-state index contributed by atoms with van der Waals surface area (Å²) in [7, 11) is 3.92. The molecule has 2 aromatic rings. The van der Waals surface area contributed by atoms with E-state index in [4.69, 9.17) is 9.15 Å². The number of rotatable bonds is 10. The van der Waals surface area contributed by atoms with Crippen molar-refractivity contribution >= 4 is 11.7 Å². The van der Waals surface area contributed by atoms with Crippen molar-refractivity contribution in [1.29, 1.82) is 0 Å². The molecule has 1 amide bonds. The first kappa shape index (κ1) is 21.6. The van der Waals surface area contributed by atoms with Crippen LogP contribution in [-0.4, -0.2) is 60.4 Å². The SMILES string of the molecule is CCCOc1cccc(C2C(C(=O)c3ccco3)=C(O)C(=O)N2CCCN(C)C)c1. The number of hydrogen-bond acceptors (Lipinski definition) is 6. The number of carbonyl (C=O) groups excluding carboxylic acids is 2. The lowest BCUT2D eigenvalue weighted by atomic mass is 9.95. The molecule has 1 unspecified atom stereocenters. The second-order valence-electron chi connectivity index (χ2n) is 7.55. The van der Waals surface area contributed by atoms with Gasteiger partial charge in [-0.15, -0.1) is 0 Å². The maximum absolute atomic E-state index is 13.1. The van der Waals surface area contributed by atoms with Gasteiger partial charge in [0, 0.05) is 6.54 Å². The third kappa shape index (κ3) is 4.57. The highest BCUT2D eigenvalue weighted by Crippen LogP contribution is 2.40. The minimum absolute atomic E-state index is 0.0347. The Hall–Kier alpha value is -3.06. The molecule has 2 heterocycles. The van der Waals surface area contributed by atoms with Crippen molar-refractivity contribution in [3.05, 3.63) is 65.3 Å². The van der Waals surface area contributed by atoms with Gasteiger partial charge in [-0.05, 0) is 63.3 Å². The summed E-state index contributed by atoms with van der Waals surface area (Å²) in [5, 5.41) is 10.6. The van der Waals surface area contributed by atoms with Crippen LogP contribution in [0.1, 0.15) is 41.9 Å². The molecule has 1 N–H and O–H groups in total. The number of Topliss-reactive ketones (excluding diaryl/α,β-unsaturated/α-hetero) is 1. The molecule has 30 heavy (non-hydrogen) atoms. The molecule has 1 atom stereocenters. The number of amides is 1. The molecule has 1 aromatic carbocycles. The lowest BCUT2D eigenvalue weighted by molar-refractivity contribution is -0.129. The number of aliphatic hydroxyl groups is 1. The average Bonchev–Trinajstić information content (AvgIpc) is 3.35. The fourth-order valence-electron chi connectivity index (χ4n) is 3.55. The number of aliphatic hydroxyl groups excluding tert-OH is 1. The number of ketones is 1. The molecule has 7 nitrogen and oxygen atoms in total. The average molecular weight is 412 g/mol. The summed E-state index contributed by atoms with van der Waals surface area (Å²) < 4.78 is 11.0. The van der Waals surface area contributed by atoms with Gasteiger partial charge in [-0.3, -0.25) is 9.59 Å². The predicted molar refractivity (Wildman–Crippen MR) is 113 cm³/mol. The quantitative estimate of drug-likeness (QED) is 0.601. The molecular formula is C23H28N2O5. The Balaban J connectivity index is 1.99. The van der Waals surface area contributed by atoms with Crippen LogP contribution in [0.3, 0.4) is 0 Å². The molecule has 0 radical (unpaired) electrons. The van der Waals surface area contributed by atoms with Crippen LogP contribution < -0.4 is 4.74 Å². The molecule has 0 aliphatic carbocycles. The number of ether oxygens (including phenoxy) is 1. The molecule has 0 saturated carbocycles. The van der Waals surface area contributed by atoms with Crippen LogP contribution in [0.2, 0.25) is 0 Å². The maximum Gasteiger partial charge on any atom is 0.290 e. The minimum atomic E-state index is -0.706. The van der Waals surface area contributed by atoms with Crippen molar-refractivity contribution in [2.24, 2.45) is 0 Å². The van der Waals surface area contributed by atoms with Crippen LogP contribution in [0, 0.1) is 0 Å². The number of nitrogens with zero attached hydrogens (tertiary/aromatic N) is 2. The van der Waals surface area contributed by atoms with E-state index in [0.29, 0.717) is 30.9 Å². The number of benzene rings is 1. The Morgan fingerprint density at radius 3 is 2.73 bits per heavy atom. The summed E-state index contributed by atoms with van der Waals surface area (Å²) in [5.41, 5.74) is 0.744. The highest BCUT2D eigenvalue weighted by Gasteiger charge is 2.44. The highest BCUT2D eigenvalue weighted by atomic mass is 16.5. The van der Waals surface area contributed by atoms with Gasteiger partial charge in [0.1, 0.15) is 5.75 Å². The Morgan fingerprint density at radius 2 is 2.07 bits per heavy atom. The number of furan rings is 1. The maximum atomic E-state index is 13.1. The van der Waals surface area contributed by atoms with E-state index in [2.05, 4.69) is 0 Å². The normalized spacial score (nSPS) is 16.6. The van der Waals surface area contributed by atoms with Gasteiger partial charge >= 0.3 is 0 Å². The summed E-state index contributed by atoms with van der Waals surface area (Å²) >= 11 is 0. The third-order valence-electron chi connectivity index (χ3n) is 4.94. The van der Waals surface area contributed by atoms with Gasteiger partial charge in [0.2, 0.25) is 5.78 Å². The molecule has 0 saturated heterocycles. The molecule has 1 aromatic heterocycles. The summed E-state index contributed by atoms with van der Waals surface area (Å²) in [6.45, 7) is 3.77. The molecule has 0 bridgehead atoms. The first-order chi connectivity index (χ1) is 14.4. The van der Waals surface area contributed by atoms with Gasteiger partial charge < -0.3 is 24.1 Å². The Bertz CT molecular complexity index is 917. The van der Waals surface area contributed by atoms with Gasteiger partial charge in [0.05, 0.1) is 24.5 Å². The zero-order chi connectivity index (χ0) is 21.7. The van der Waals surface area contributed by atoms with Crippen LogP contribution in [0.25, 0.3) is 0 Å². The van der Waals surface area contributed by atoms with E-state index in [9.17, 15) is 14.7 Å². The van der Waals surface area contributed by atoms with Crippen molar-refractivity contribution in [1.82, 2.24) is 9.80 Å². The molecular weight excluding hydrogens is 384 g/mol. The number of carbonyl (C=O) groups is 2. The van der Waals surface area contributed by atoms with Crippen molar-refractivity contribution in [3.8, 4) is 5.75 Å². The van der Waals surface area contributed by atoms with E-state index in [1.165, 1.54) is 12.3 Å². The molecule has 3 rings (SSSR count). The fraction of sp³-hybridized carbons (Fsp3) is 0.391. The number of hydrogen-bond donors (Lipinski definition) is 1. The van der Waals surface area contributed by atoms with E-state index in [0.717, 1.165) is 13.0 Å². The van der Waals surface area contributed by atoms with Gasteiger partial charge in [0.25, 0.3) is 5.91 Å². The molecule has 1 aliphatic rings. The fourth-order valence-corrected chi connectivity index (χ4v) is 3.55. The molecule has 0 spiro atoms. The molecule has 7 heteroatoms. The lowest BCUT2D eigenvalue weighted by Crippen LogP contribution is -2.33. The standard InChI is InChI=1S/C23H28N2O5/c1-4-13-29-17-9-5-8-16(15-17)20-19(21(26)18-10-6-14-30-18)22(27)23(28)25(20)12-7-11-24(2)3/h5-6,8-10,14-15,20,27H,4,7,11-13H2,1-3H3. The predicted octanol–water partition coefficient (Wildman–Crippen LogP) is 3.60. The van der Waals surface area contributed by atoms with Crippen LogP contribution in [-0.2, 0) is 4.79 Å². The smallest absolute Gasteiger partial charge is 0.290 e. The van der Waals surface area contributed by atoms with Crippen molar-refractivity contribution in [2.75, 3.05) is 33.8 Å². The zero-order valence-corrected chi connectivity index (χ0v) is 17.6. The van der Waals surface area contributed by atoms with Crippen molar-refractivity contribution in [3.63, 3.8) is 0 Å². The van der Waals surface area contributed by atoms with Gasteiger partial charge in [0.15, 0.2) is 11.5 Å². The van der Waals surface area contributed by atoms with E-state index in [-0.39, 0.29) is 11.3 Å². The zero-order valence-electron chi connectivity index (χ0n) is 17.6. The van der Waals surface area contributed by atoms with Gasteiger partial charge in [-0.2, -0.15) is 0 Å². The van der Waals surface area contributed by atoms with Crippen LogP contribution >= 0.6 is 0 Å². The third-order valence-corrected chi connectivity index (χ3v) is 4.94. The minimum Gasteiger partial charge on any atom is -0.503 e. The van der Waals surface area contributed by atoms with Crippen LogP contribution in [0.4, 0.5) is 0 Å². The van der Waals surface area contributed by atoms with Gasteiger partial charge in [-0.25, -0.2) is 0 Å². The Kier molecular flexibility index (Phi) is 6.95. The molecule has 1 aliphatic heterocycles. The second-order valence-corrected chi connectivity index (χ2v) is 7.55. The first-order valence-corrected chi connectivity index (χ1v) is 10.1. The highest BCUT2D eigenvalue weighted by molar-refractivity contribution is 6.15. The Morgan fingerprint density at radius 1 is 1.27 bits per heavy atom. The largest absolute Gasteiger partial charge is 0.503 e. The Labute approximate surface area is 176 Å². The van der Waals surface area contributed by atoms with E-state index >= 15 is 0 Å². The summed E-state index contributed by atoms with van der Waals surface area (Å²) in [4.78, 5) is 29.6.